The second-order valence-electron chi connectivity index (χ2n) is 9.83. The molecule has 0 unspecified atom stereocenters. The van der Waals surface area contributed by atoms with Crippen molar-refractivity contribution in [2.24, 2.45) is 0 Å². The summed E-state index contributed by atoms with van der Waals surface area (Å²) in [7, 11) is 1.69. The number of piperazine rings is 1. The number of rotatable bonds is 5. The number of pyridine rings is 2. The van der Waals surface area contributed by atoms with Gasteiger partial charge in [0.15, 0.2) is 5.13 Å². The van der Waals surface area contributed by atoms with E-state index in [1.807, 2.05) is 66.4 Å². The standard InChI is InChI=1S/C31H28N6OS/c1-20-18-36(19-21(2)37(20)31-33-13-14-39-31)28-12-11-24(16-34-28)27-17-35-29-25(5-4-6-26(29)30(27)38-3)23-9-7-22(15-32)8-10-23/h4-14,16-17,20-21H,18-19H2,1-3H3/t20-,21+. The van der Waals surface area contributed by atoms with Crippen LogP contribution in [0, 0.1) is 11.3 Å². The van der Waals surface area contributed by atoms with E-state index >= 15 is 0 Å². The highest BCUT2D eigenvalue weighted by atomic mass is 32.1. The van der Waals surface area contributed by atoms with E-state index in [0.29, 0.717) is 17.6 Å². The van der Waals surface area contributed by atoms with Crippen molar-refractivity contribution in [2.75, 3.05) is 30.0 Å². The number of nitriles is 1. The zero-order valence-corrected chi connectivity index (χ0v) is 22.9. The van der Waals surface area contributed by atoms with Crippen molar-refractivity contribution in [2.45, 2.75) is 25.9 Å². The molecule has 0 spiro atoms. The Hall–Kier alpha value is -4.48. The number of ether oxygens (including phenoxy) is 1. The summed E-state index contributed by atoms with van der Waals surface area (Å²) in [5, 5.41) is 13.2. The summed E-state index contributed by atoms with van der Waals surface area (Å²) in [6.07, 6.45) is 5.64. The largest absolute Gasteiger partial charge is 0.495 e. The van der Waals surface area contributed by atoms with Gasteiger partial charge in [0.1, 0.15) is 11.6 Å². The van der Waals surface area contributed by atoms with E-state index in [9.17, 15) is 0 Å². The molecule has 5 aromatic rings. The van der Waals surface area contributed by atoms with Crippen LogP contribution in [0.3, 0.4) is 0 Å². The average Bonchev–Trinajstić information content (AvgIpc) is 3.50. The summed E-state index contributed by atoms with van der Waals surface area (Å²) in [6.45, 7) is 6.26. The average molecular weight is 533 g/mol. The summed E-state index contributed by atoms with van der Waals surface area (Å²) in [6, 6.07) is 20.7. The first-order chi connectivity index (χ1) is 19.1. The third kappa shape index (κ3) is 4.55. The highest BCUT2D eigenvalue weighted by molar-refractivity contribution is 7.13. The van der Waals surface area contributed by atoms with Crippen LogP contribution in [-0.2, 0) is 0 Å². The van der Waals surface area contributed by atoms with Gasteiger partial charge in [0.25, 0.3) is 0 Å². The lowest BCUT2D eigenvalue weighted by molar-refractivity contribution is 0.421. The van der Waals surface area contributed by atoms with E-state index < -0.39 is 0 Å². The molecule has 7 nitrogen and oxygen atoms in total. The molecule has 2 aromatic carbocycles. The molecule has 1 saturated heterocycles. The van der Waals surface area contributed by atoms with Crippen molar-refractivity contribution in [3.8, 4) is 34.1 Å². The summed E-state index contributed by atoms with van der Waals surface area (Å²) in [5.41, 5.74) is 5.34. The van der Waals surface area contributed by atoms with Crippen LogP contribution in [0.1, 0.15) is 19.4 Å². The molecule has 0 amide bonds. The number of benzene rings is 2. The fourth-order valence-corrected chi connectivity index (χ4v) is 6.39. The zero-order valence-electron chi connectivity index (χ0n) is 22.1. The number of para-hydroxylation sites is 1. The van der Waals surface area contributed by atoms with E-state index in [0.717, 1.165) is 62.9 Å². The number of anilines is 2. The van der Waals surface area contributed by atoms with E-state index in [4.69, 9.17) is 20.0 Å². The van der Waals surface area contributed by atoms with Crippen LogP contribution in [0.25, 0.3) is 33.2 Å². The molecule has 194 valence electrons. The molecule has 0 N–H and O–H groups in total. The minimum atomic E-state index is 0.330. The Labute approximate surface area is 232 Å². The Morgan fingerprint density at radius 3 is 2.31 bits per heavy atom. The third-order valence-corrected chi connectivity index (χ3v) is 8.10. The summed E-state index contributed by atoms with van der Waals surface area (Å²) >= 11 is 1.69. The maximum Gasteiger partial charge on any atom is 0.185 e. The van der Waals surface area contributed by atoms with Crippen molar-refractivity contribution in [3.05, 3.63) is 84.1 Å². The molecule has 0 aliphatic carbocycles. The number of thiazole rings is 1. The van der Waals surface area contributed by atoms with E-state index in [-0.39, 0.29) is 0 Å². The van der Waals surface area contributed by atoms with Gasteiger partial charge in [-0.3, -0.25) is 4.98 Å². The number of methoxy groups -OCH3 is 1. The third-order valence-electron chi connectivity index (χ3n) is 7.32. The van der Waals surface area contributed by atoms with Gasteiger partial charge >= 0.3 is 0 Å². The van der Waals surface area contributed by atoms with Crippen molar-refractivity contribution < 1.29 is 4.74 Å². The molecule has 0 radical (unpaired) electrons. The molecule has 0 bridgehead atoms. The predicted octanol–water partition coefficient (Wildman–Crippen LogP) is 6.40. The fraction of sp³-hybridized carbons (Fsp3) is 0.226. The first-order valence-corrected chi connectivity index (χ1v) is 13.8. The van der Waals surface area contributed by atoms with Crippen LogP contribution in [0.15, 0.2) is 78.6 Å². The fourth-order valence-electron chi connectivity index (χ4n) is 5.54. The van der Waals surface area contributed by atoms with Crippen molar-refractivity contribution in [1.82, 2.24) is 15.0 Å². The van der Waals surface area contributed by atoms with Gasteiger partial charge in [-0.15, -0.1) is 11.3 Å². The minimum absolute atomic E-state index is 0.330. The lowest BCUT2D eigenvalue weighted by Crippen LogP contribution is -2.57. The maximum absolute atomic E-state index is 9.15. The Kier molecular flexibility index (Phi) is 6.59. The Bertz CT molecular complexity index is 1630. The topological polar surface area (TPSA) is 78.2 Å². The monoisotopic (exact) mass is 532 g/mol. The molecular weight excluding hydrogens is 504 g/mol. The smallest absolute Gasteiger partial charge is 0.185 e. The van der Waals surface area contributed by atoms with E-state index in [1.54, 1.807) is 18.4 Å². The summed E-state index contributed by atoms with van der Waals surface area (Å²) < 4.78 is 5.93. The number of aromatic nitrogens is 3. The molecule has 1 aliphatic heterocycles. The summed E-state index contributed by atoms with van der Waals surface area (Å²) in [5.74, 6) is 1.73. The van der Waals surface area contributed by atoms with Gasteiger partial charge in [-0.2, -0.15) is 5.26 Å². The minimum Gasteiger partial charge on any atom is -0.495 e. The molecule has 1 aliphatic rings. The van der Waals surface area contributed by atoms with Gasteiger partial charge in [0.05, 0.1) is 24.3 Å². The molecule has 8 heteroatoms. The molecule has 0 saturated carbocycles. The molecule has 6 rings (SSSR count). The highest BCUT2D eigenvalue weighted by Crippen LogP contribution is 2.39. The van der Waals surface area contributed by atoms with Crippen LogP contribution in [-0.4, -0.2) is 47.2 Å². The van der Waals surface area contributed by atoms with Gasteiger partial charge < -0.3 is 14.5 Å². The van der Waals surface area contributed by atoms with Gasteiger partial charge in [0, 0.05) is 71.2 Å². The van der Waals surface area contributed by atoms with Crippen molar-refractivity contribution >= 4 is 33.2 Å². The Morgan fingerprint density at radius 2 is 1.67 bits per heavy atom. The van der Waals surface area contributed by atoms with E-state index in [1.165, 1.54) is 0 Å². The predicted molar refractivity (Wildman–Crippen MR) is 157 cm³/mol. The molecule has 39 heavy (non-hydrogen) atoms. The van der Waals surface area contributed by atoms with Crippen molar-refractivity contribution in [3.63, 3.8) is 0 Å². The van der Waals surface area contributed by atoms with Crippen molar-refractivity contribution in [1.29, 1.82) is 5.26 Å². The van der Waals surface area contributed by atoms with Gasteiger partial charge in [0.2, 0.25) is 0 Å². The zero-order chi connectivity index (χ0) is 26.9. The van der Waals surface area contributed by atoms with Crippen LogP contribution in [0.4, 0.5) is 10.9 Å². The highest BCUT2D eigenvalue weighted by Gasteiger charge is 2.31. The van der Waals surface area contributed by atoms with Crippen LogP contribution in [0.5, 0.6) is 5.75 Å². The second-order valence-corrected chi connectivity index (χ2v) is 10.7. The normalized spacial score (nSPS) is 17.3. The number of hydrogen-bond donors (Lipinski definition) is 0. The molecule has 3 aromatic heterocycles. The number of hydrogen-bond acceptors (Lipinski definition) is 8. The van der Waals surface area contributed by atoms with Gasteiger partial charge in [-0.1, -0.05) is 24.3 Å². The van der Waals surface area contributed by atoms with Crippen LogP contribution in [0.2, 0.25) is 0 Å². The summed E-state index contributed by atoms with van der Waals surface area (Å²) in [4.78, 5) is 19.0. The maximum atomic E-state index is 9.15. The first kappa shape index (κ1) is 24.8. The molecule has 1 fully saturated rings. The first-order valence-electron chi connectivity index (χ1n) is 12.9. The molecular formula is C31H28N6OS. The van der Waals surface area contributed by atoms with E-state index in [2.05, 4.69) is 46.8 Å². The lowest BCUT2D eigenvalue weighted by atomic mass is 9.98. The molecule has 2 atom stereocenters. The lowest BCUT2D eigenvalue weighted by Gasteiger charge is -2.44. The SMILES string of the molecule is COc1c(-c2ccc(N3C[C@@H](C)N(c4nccs4)[C@@H](C)C3)nc2)cnc2c(-c3ccc(C#N)cc3)cccc12. The Balaban J connectivity index is 1.29. The second kappa shape index (κ2) is 10.4. The molecule has 4 heterocycles. The van der Waals surface area contributed by atoms with Crippen LogP contribution >= 0.6 is 11.3 Å². The number of nitrogens with zero attached hydrogens (tertiary/aromatic N) is 6. The van der Waals surface area contributed by atoms with Gasteiger partial charge in [-0.25, -0.2) is 9.97 Å². The Morgan fingerprint density at radius 1 is 0.897 bits per heavy atom. The quantitative estimate of drug-likeness (QED) is 0.259. The van der Waals surface area contributed by atoms with Crippen LogP contribution < -0.4 is 14.5 Å². The number of fused-ring (bicyclic) bond motifs is 1. The van der Waals surface area contributed by atoms with Gasteiger partial charge in [-0.05, 0) is 49.7 Å².